The lowest BCUT2D eigenvalue weighted by atomic mass is 9.75. The van der Waals surface area contributed by atoms with E-state index in [0.717, 1.165) is 24.8 Å². The maximum Gasteiger partial charge on any atom is 0.323 e. The van der Waals surface area contributed by atoms with Crippen LogP contribution in [-0.2, 0) is 12.0 Å². The zero-order chi connectivity index (χ0) is 12.0. The van der Waals surface area contributed by atoms with Crippen LogP contribution in [0.2, 0.25) is 0 Å². The lowest BCUT2D eigenvalue weighted by molar-refractivity contribution is 0.182. The van der Waals surface area contributed by atoms with Crippen LogP contribution in [0, 0.1) is 5.41 Å². The van der Waals surface area contributed by atoms with Gasteiger partial charge < -0.3 is 4.90 Å². The molecule has 1 aliphatic carbocycles. The molecule has 2 aliphatic rings. The Morgan fingerprint density at radius 2 is 2.18 bits per heavy atom. The Hall–Kier alpha value is -1.84. The van der Waals surface area contributed by atoms with E-state index in [1.165, 1.54) is 5.56 Å². The van der Waals surface area contributed by atoms with Crippen molar-refractivity contribution in [2.24, 2.45) is 0 Å². The lowest BCUT2D eigenvalue weighted by Crippen LogP contribution is -2.46. The molecule has 1 saturated heterocycles. The zero-order valence-corrected chi connectivity index (χ0v) is 9.79. The Morgan fingerprint density at radius 1 is 1.41 bits per heavy atom. The van der Waals surface area contributed by atoms with E-state index in [9.17, 15) is 4.79 Å². The molecule has 1 heterocycles. The fraction of sp³-hybridized carbons (Fsp3) is 0.385. The Labute approximate surface area is 100 Å². The number of carbonyl (C=O) groups excluding carboxylic acids is 1. The maximum atomic E-state index is 11.7. The number of hydrogen-bond donors (Lipinski definition) is 2. The highest BCUT2D eigenvalue weighted by Gasteiger charge is 2.51. The number of carbonyl (C=O) groups is 1. The van der Waals surface area contributed by atoms with E-state index in [4.69, 9.17) is 5.41 Å². The Kier molecular flexibility index (Phi) is 2.02. The minimum Gasteiger partial charge on any atom is -0.311 e. The molecule has 1 atom stereocenters. The van der Waals surface area contributed by atoms with Gasteiger partial charge >= 0.3 is 6.03 Å². The fourth-order valence-corrected chi connectivity index (χ4v) is 3.05. The van der Waals surface area contributed by atoms with Gasteiger partial charge in [-0.25, -0.2) is 4.79 Å². The molecule has 4 nitrogen and oxygen atoms in total. The monoisotopic (exact) mass is 229 g/mol. The van der Waals surface area contributed by atoms with Crippen molar-refractivity contribution < 1.29 is 4.79 Å². The standard InChI is InChI=1S/C13H15N3O/c1-16-12(17)15-11(14)13(16)8-4-6-9-5-2-3-7-10(9)13/h2-3,5,7H,4,6,8H2,1H3,(H2,14,15,17). The number of benzene rings is 1. The van der Waals surface area contributed by atoms with Crippen molar-refractivity contribution in [3.05, 3.63) is 35.4 Å². The van der Waals surface area contributed by atoms with E-state index < -0.39 is 5.54 Å². The number of fused-ring (bicyclic) bond motifs is 2. The molecule has 1 aromatic rings. The predicted molar refractivity (Wildman–Crippen MR) is 65.1 cm³/mol. The van der Waals surface area contributed by atoms with Gasteiger partial charge in [-0.15, -0.1) is 0 Å². The van der Waals surface area contributed by atoms with Crippen molar-refractivity contribution >= 4 is 11.9 Å². The van der Waals surface area contributed by atoms with Crippen molar-refractivity contribution in [3.8, 4) is 0 Å². The van der Waals surface area contributed by atoms with Gasteiger partial charge in [0.2, 0.25) is 0 Å². The molecule has 2 N–H and O–H groups in total. The number of nitrogens with one attached hydrogen (secondary N) is 2. The van der Waals surface area contributed by atoms with Crippen molar-refractivity contribution in [2.45, 2.75) is 24.8 Å². The average Bonchev–Trinajstić information content (AvgIpc) is 2.55. The molecule has 2 amide bonds. The van der Waals surface area contributed by atoms with Crippen LogP contribution in [0.15, 0.2) is 24.3 Å². The molecule has 0 aromatic heterocycles. The second-order valence-electron chi connectivity index (χ2n) is 4.74. The van der Waals surface area contributed by atoms with Crippen LogP contribution >= 0.6 is 0 Å². The molecule has 88 valence electrons. The van der Waals surface area contributed by atoms with E-state index in [2.05, 4.69) is 11.4 Å². The second kappa shape index (κ2) is 3.32. The van der Waals surface area contributed by atoms with E-state index >= 15 is 0 Å². The Morgan fingerprint density at radius 3 is 2.88 bits per heavy atom. The summed E-state index contributed by atoms with van der Waals surface area (Å²) in [6, 6.07) is 7.97. The van der Waals surface area contributed by atoms with Crippen LogP contribution in [0.25, 0.3) is 0 Å². The largest absolute Gasteiger partial charge is 0.323 e. The molecule has 1 unspecified atom stereocenters. The third kappa shape index (κ3) is 1.18. The number of hydrogen-bond acceptors (Lipinski definition) is 2. The number of nitrogens with zero attached hydrogens (tertiary/aromatic N) is 1. The summed E-state index contributed by atoms with van der Waals surface area (Å²) in [6.45, 7) is 0. The molecular weight excluding hydrogens is 214 g/mol. The third-order valence-corrected chi connectivity index (χ3v) is 3.97. The van der Waals surface area contributed by atoms with Crippen molar-refractivity contribution in [1.29, 1.82) is 5.41 Å². The molecular formula is C13H15N3O. The highest BCUT2D eigenvalue weighted by atomic mass is 16.2. The average molecular weight is 229 g/mol. The normalized spacial score (nSPS) is 27.2. The smallest absolute Gasteiger partial charge is 0.311 e. The Bertz CT molecular complexity index is 511. The van der Waals surface area contributed by atoms with Crippen LogP contribution in [0.3, 0.4) is 0 Å². The van der Waals surface area contributed by atoms with Crippen LogP contribution in [0.4, 0.5) is 4.79 Å². The topological polar surface area (TPSA) is 56.2 Å². The number of amidine groups is 1. The van der Waals surface area contributed by atoms with Crippen LogP contribution in [0.5, 0.6) is 0 Å². The number of rotatable bonds is 0. The lowest BCUT2D eigenvalue weighted by Gasteiger charge is -2.39. The second-order valence-corrected chi connectivity index (χ2v) is 4.74. The predicted octanol–water partition coefficient (Wildman–Crippen LogP) is 1.85. The summed E-state index contributed by atoms with van der Waals surface area (Å²) in [5.41, 5.74) is 1.82. The van der Waals surface area contributed by atoms with E-state index in [1.807, 2.05) is 18.2 Å². The van der Waals surface area contributed by atoms with Gasteiger partial charge in [-0.2, -0.15) is 0 Å². The molecule has 4 heteroatoms. The molecule has 0 radical (unpaired) electrons. The molecule has 1 spiro atoms. The van der Waals surface area contributed by atoms with Gasteiger partial charge in [0.1, 0.15) is 11.4 Å². The van der Waals surface area contributed by atoms with Crippen molar-refractivity contribution in [1.82, 2.24) is 10.2 Å². The molecule has 1 aliphatic heterocycles. The summed E-state index contributed by atoms with van der Waals surface area (Å²) >= 11 is 0. The zero-order valence-electron chi connectivity index (χ0n) is 9.79. The summed E-state index contributed by atoms with van der Waals surface area (Å²) in [7, 11) is 1.78. The quantitative estimate of drug-likeness (QED) is 0.701. The van der Waals surface area contributed by atoms with Gasteiger partial charge in [-0.05, 0) is 30.4 Å². The molecule has 1 fully saturated rings. The number of aryl methyl sites for hydroxylation is 1. The molecule has 1 aromatic carbocycles. The van der Waals surface area contributed by atoms with Gasteiger partial charge in [0.15, 0.2) is 0 Å². The third-order valence-electron chi connectivity index (χ3n) is 3.97. The minimum atomic E-state index is -0.550. The molecule has 0 saturated carbocycles. The van der Waals surface area contributed by atoms with Crippen molar-refractivity contribution in [2.75, 3.05) is 7.05 Å². The van der Waals surface area contributed by atoms with E-state index in [0.29, 0.717) is 5.84 Å². The SMILES string of the molecule is CN1C(=O)NC(=N)C12CCCc1ccccc12. The maximum absolute atomic E-state index is 11.7. The summed E-state index contributed by atoms with van der Waals surface area (Å²) in [5, 5.41) is 10.7. The van der Waals surface area contributed by atoms with Gasteiger partial charge in [0.05, 0.1) is 0 Å². The first-order chi connectivity index (χ1) is 8.16. The summed E-state index contributed by atoms with van der Waals surface area (Å²) in [5.74, 6) is 0.317. The van der Waals surface area contributed by atoms with Crippen LogP contribution in [-0.4, -0.2) is 23.8 Å². The van der Waals surface area contributed by atoms with Gasteiger partial charge in [0.25, 0.3) is 0 Å². The van der Waals surface area contributed by atoms with Crippen LogP contribution in [0.1, 0.15) is 24.0 Å². The highest BCUT2D eigenvalue weighted by molar-refractivity contribution is 6.09. The van der Waals surface area contributed by atoms with Gasteiger partial charge in [0, 0.05) is 7.05 Å². The summed E-state index contributed by atoms with van der Waals surface area (Å²) < 4.78 is 0. The van der Waals surface area contributed by atoms with E-state index in [-0.39, 0.29) is 6.03 Å². The van der Waals surface area contributed by atoms with Crippen molar-refractivity contribution in [3.63, 3.8) is 0 Å². The first-order valence-corrected chi connectivity index (χ1v) is 5.88. The van der Waals surface area contributed by atoms with Crippen LogP contribution < -0.4 is 5.32 Å². The number of likely N-dealkylation sites (N-methyl/N-ethyl adjacent to an activating group) is 1. The first-order valence-electron chi connectivity index (χ1n) is 5.88. The van der Waals surface area contributed by atoms with E-state index in [1.54, 1.807) is 11.9 Å². The van der Waals surface area contributed by atoms with Gasteiger partial charge in [-0.1, -0.05) is 24.3 Å². The highest BCUT2D eigenvalue weighted by Crippen LogP contribution is 2.42. The summed E-state index contributed by atoms with van der Waals surface area (Å²) in [4.78, 5) is 13.4. The molecule has 3 rings (SSSR count). The number of amides is 2. The minimum absolute atomic E-state index is 0.174. The molecule has 0 bridgehead atoms. The molecule has 17 heavy (non-hydrogen) atoms. The Balaban J connectivity index is 2.22. The first kappa shape index (κ1) is 10.3. The van der Waals surface area contributed by atoms with Gasteiger partial charge in [-0.3, -0.25) is 10.7 Å². The number of urea groups is 1. The summed E-state index contributed by atoms with van der Waals surface area (Å²) in [6.07, 6.45) is 2.88. The fourth-order valence-electron chi connectivity index (χ4n) is 3.05.